The normalized spacial score (nSPS) is 9.94. The Bertz CT molecular complexity index is 544. The maximum atomic E-state index is 11.9. The summed E-state index contributed by atoms with van der Waals surface area (Å²) in [6, 6.07) is 4.70. The Balaban J connectivity index is 2.21. The number of halogens is 1. The molecule has 0 aliphatic rings. The summed E-state index contributed by atoms with van der Waals surface area (Å²) in [5.74, 6) is -0.325. The molecule has 6 heteroatoms. The molecule has 0 fully saturated rings. The third-order valence-corrected chi connectivity index (χ3v) is 2.31. The quantitative estimate of drug-likeness (QED) is 0.796. The molecule has 1 amide bonds. The molecule has 2 rings (SSSR count). The highest BCUT2D eigenvalue weighted by Crippen LogP contribution is 2.19. The van der Waals surface area contributed by atoms with Crippen LogP contribution in [0.1, 0.15) is 10.4 Å². The summed E-state index contributed by atoms with van der Waals surface area (Å²) in [7, 11) is 0. The van der Waals surface area contributed by atoms with Gasteiger partial charge in [0, 0.05) is 10.7 Å². The third kappa shape index (κ3) is 2.70. The SMILES string of the molecule is Nc1cc(Cl)ccc1C(=O)Nc1cncnc1. The molecule has 0 atom stereocenters. The summed E-state index contributed by atoms with van der Waals surface area (Å²) in [5.41, 5.74) is 6.89. The van der Waals surface area contributed by atoms with Gasteiger partial charge in [0.25, 0.3) is 5.91 Å². The van der Waals surface area contributed by atoms with Crippen molar-refractivity contribution in [2.24, 2.45) is 0 Å². The molecule has 86 valence electrons. The molecule has 0 aliphatic heterocycles. The number of anilines is 2. The van der Waals surface area contributed by atoms with Crippen molar-refractivity contribution in [2.75, 3.05) is 11.1 Å². The zero-order valence-corrected chi connectivity index (χ0v) is 9.48. The van der Waals surface area contributed by atoms with Crippen LogP contribution in [0, 0.1) is 0 Å². The fraction of sp³-hybridized carbons (Fsp3) is 0. The molecule has 1 aromatic carbocycles. The standard InChI is InChI=1S/C11H9ClN4O/c12-7-1-2-9(10(13)3-7)11(17)16-8-4-14-6-15-5-8/h1-6H,13H2,(H,16,17). The average molecular weight is 249 g/mol. The van der Waals surface area contributed by atoms with Gasteiger partial charge in [0.05, 0.1) is 23.6 Å². The monoisotopic (exact) mass is 248 g/mol. The van der Waals surface area contributed by atoms with Crippen LogP contribution in [0.4, 0.5) is 11.4 Å². The van der Waals surface area contributed by atoms with Gasteiger partial charge < -0.3 is 11.1 Å². The zero-order valence-electron chi connectivity index (χ0n) is 8.72. The predicted octanol–water partition coefficient (Wildman–Crippen LogP) is 1.96. The van der Waals surface area contributed by atoms with Crippen molar-refractivity contribution in [2.45, 2.75) is 0 Å². The first-order valence-corrected chi connectivity index (χ1v) is 5.16. The molecule has 0 radical (unpaired) electrons. The van der Waals surface area contributed by atoms with E-state index in [4.69, 9.17) is 17.3 Å². The first-order valence-electron chi connectivity index (χ1n) is 4.78. The number of hydrogen-bond donors (Lipinski definition) is 2. The Morgan fingerprint density at radius 3 is 2.65 bits per heavy atom. The maximum Gasteiger partial charge on any atom is 0.257 e. The van der Waals surface area contributed by atoms with Gasteiger partial charge in [0.2, 0.25) is 0 Å². The largest absolute Gasteiger partial charge is 0.398 e. The van der Waals surface area contributed by atoms with E-state index < -0.39 is 0 Å². The van der Waals surface area contributed by atoms with Crippen LogP contribution in [0.25, 0.3) is 0 Å². The minimum atomic E-state index is -0.325. The Labute approximate surface area is 103 Å². The molecular formula is C11H9ClN4O. The van der Waals surface area contributed by atoms with E-state index >= 15 is 0 Å². The number of nitrogens with one attached hydrogen (secondary N) is 1. The fourth-order valence-electron chi connectivity index (χ4n) is 1.30. The summed E-state index contributed by atoms with van der Waals surface area (Å²) in [5, 5.41) is 3.12. The molecular weight excluding hydrogens is 240 g/mol. The minimum Gasteiger partial charge on any atom is -0.398 e. The van der Waals surface area contributed by atoms with E-state index in [1.165, 1.54) is 24.8 Å². The van der Waals surface area contributed by atoms with Crippen LogP contribution in [0.3, 0.4) is 0 Å². The van der Waals surface area contributed by atoms with Crippen molar-refractivity contribution < 1.29 is 4.79 Å². The average Bonchev–Trinajstić information content (AvgIpc) is 2.30. The highest BCUT2D eigenvalue weighted by Gasteiger charge is 2.10. The van der Waals surface area contributed by atoms with Crippen molar-refractivity contribution in [3.05, 3.63) is 47.5 Å². The summed E-state index contributed by atoms with van der Waals surface area (Å²) in [6.45, 7) is 0. The molecule has 1 heterocycles. The summed E-state index contributed by atoms with van der Waals surface area (Å²) < 4.78 is 0. The molecule has 17 heavy (non-hydrogen) atoms. The van der Waals surface area contributed by atoms with Gasteiger partial charge in [-0.25, -0.2) is 9.97 Å². The minimum absolute atomic E-state index is 0.325. The predicted molar refractivity (Wildman–Crippen MR) is 65.8 cm³/mol. The van der Waals surface area contributed by atoms with Crippen LogP contribution in [-0.2, 0) is 0 Å². The van der Waals surface area contributed by atoms with Crippen molar-refractivity contribution >= 4 is 28.9 Å². The van der Waals surface area contributed by atoms with Gasteiger partial charge in [0.15, 0.2) is 0 Å². The lowest BCUT2D eigenvalue weighted by Gasteiger charge is -2.06. The van der Waals surface area contributed by atoms with E-state index in [1.807, 2.05) is 0 Å². The number of benzene rings is 1. The van der Waals surface area contributed by atoms with Gasteiger partial charge in [-0.15, -0.1) is 0 Å². The Morgan fingerprint density at radius 1 is 1.29 bits per heavy atom. The summed E-state index contributed by atoms with van der Waals surface area (Å²) >= 11 is 5.75. The fourth-order valence-corrected chi connectivity index (χ4v) is 1.48. The lowest BCUT2D eigenvalue weighted by Crippen LogP contribution is -2.14. The number of nitrogens with zero attached hydrogens (tertiary/aromatic N) is 2. The number of carbonyl (C=O) groups excluding carboxylic acids is 1. The Morgan fingerprint density at radius 2 is 2.00 bits per heavy atom. The molecule has 2 aromatic rings. The topological polar surface area (TPSA) is 80.9 Å². The first-order chi connectivity index (χ1) is 8.16. The number of aromatic nitrogens is 2. The van der Waals surface area contributed by atoms with E-state index in [1.54, 1.807) is 12.1 Å². The van der Waals surface area contributed by atoms with E-state index in [0.29, 0.717) is 22.0 Å². The lowest BCUT2D eigenvalue weighted by atomic mass is 10.1. The second kappa shape index (κ2) is 4.80. The van der Waals surface area contributed by atoms with Gasteiger partial charge in [-0.3, -0.25) is 4.79 Å². The van der Waals surface area contributed by atoms with Gasteiger partial charge in [-0.05, 0) is 18.2 Å². The van der Waals surface area contributed by atoms with E-state index in [2.05, 4.69) is 15.3 Å². The van der Waals surface area contributed by atoms with Crippen molar-refractivity contribution in [3.8, 4) is 0 Å². The second-order valence-electron chi connectivity index (χ2n) is 3.31. The van der Waals surface area contributed by atoms with Crippen molar-refractivity contribution in [1.82, 2.24) is 9.97 Å². The van der Waals surface area contributed by atoms with Crippen LogP contribution in [-0.4, -0.2) is 15.9 Å². The van der Waals surface area contributed by atoms with Gasteiger partial charge >= 0.3 is 0 Å². The number of hydrogen-bond acceptors (Lipinski definition) is 4. The Kier molecular flexibility index (Phi) is 3.20. The van der Waals surface area contributed by atoms with Crippen molar-refractivity contribution in [3.63, 3.8) is 0 Å². The molecule has 0 saturated carbocycles. The molecule has 5 nitrogen and oxygen atoms in total. The first kappa shape index (κ1) is 11.3. The lowest BCUT2D eigenvalue weighted by molar-refractivity contribution is 0.102. The van der Waals surface area contributed by atoms with Crippen LogP contribution in [0.15, 0.2) is 36.9 Å². The maximum absolute atomic E-state index is 11.9. The third-order valence-electron chi connectivity index (χ3n) is 2.08. The van der Waals surface area contributed by atoms with Crippen LogP contribution in [0.5, 0.6) is 0 Å². The van der Waals surface area contributed by atoms with Crippen LogP contribution < -0.4 is 11.1 Å². The molecule has 0 unspecified atom stereocenters. The van der Waals surface area contributed by atoms with Gasteiger partial charge in [-0.2, -0.15) is 0 Å². The summed E-state index contributed by atoms with van der Waals surface area (Å²) in [4.78, 5) is 19.4. The van der Waals surface area contributed by atoms with Crippen LogP contribution >= 0.6 is 11.6 Å². The molecule has 0 aliphatic carbocycles. The van der Waals surface area contributed by atoms with Gasteiger partial charge in [0.1, 0.15) is 6.33 Å². The molecule has 1 aromatic heterocycles. The smallest absolute Gasteiger partial charge is 0.257 e. The number of nitrogens with two attached hydrogens (primary N) is 1. The number of rotatable bonds is 2. The molecule has 0 bridgehead atoms. The second-order valence-corrected chi connectivity index (χ2v) is 3.75. The molecule has 0 saturated heterocycles. The zero-order chi connectivity index (χ0) is 12.3. The van der Waals surface area contributed by atoms with E-state index in [0.717, 1.165) is 0 Å². The highest BCUT2D eigenvalue weighted by molar-refractivity contribution is 6.31. The number of nitrogen functional groups attached to an aromatic ring is 1. The number of amides is 1. The van der Waals surface area contributed by atoms with E-state index in [-0.39, 0.29) is 5.91 Å². The molecule has 3 N–H and O–H groups in total. The van der Waals surface area contributed by atoms with E-state index in [9.17, 15) is 4.79 Å². The summed E-state index contributed by atoms with van der Waals surface area (Å²) in [6.07, 6.45) is 4.38. The molecule has 0 spiro atoms. The number of carbonyl (C=O) groups is 1. The van der Waals surface area contributed by atoms with Crippen LogP contribution in [0.2, 0.25) is 5.02 Å². The van der Waals surface area contributed by atoms with Crippen molar-refractivity contribution in [1.29, 1.82) is 0 Å². The van der Waals surface area contributed by atoms with Gasteiger partial charge in [-0.1, -0.05) is 11.6 Å². The highest BCUT2D eigenvalue weighted by atomic mass is 35.5. The Hall–Kier alpha value is -2.14.